The summed E-state index contributed by atoms with van der Waals surface area (Å²) in [6.07, 6.45) is -0.294. The van der Waals surface area contributed by atoms with Crippen molar-refractivity contribution in [3.63, 3.8) is 0 Å². The molecule has 0 aliphatic heterocycles. The summed E-state index contributed by atoms with van der Waals surface area (Å²) in [5.41, 5.74) is -0.603. The second-order valence-electron chi connectivity index (χ2n) is 5.61. The van der Waals surface area contributed by atoms with Gasteiger partial charge >= 0.3 is 6.18 Å². The van der Waals surface area contributed by atoms with Gasteiger partial charge in [-0.25, -0.2) is 0 Å². The Labute approximate surface area is 111 Å². The average Bonchev–Trinajstić information content (AvgIpc) is 2.70. The molecule has 1 fully saturated rings. The maximum Gasteiger partial charge on any atom is 0.416 e. The minimum absolute atomic E-state index is 0.446. The number of benzene rings is 1. The molecule has 0 spiro atoms. The van der Waals surface area contributed by atoms with Crippen LogP contribution < -0.4 is 0 Å². The Balaban J connectivity index is 2.04. The van der Waals surface area contributed by atoms with Crippen molar-refractivity contribution >= 4 is 0 Å². The summed E-state index contributed by atoms with van der Waals surface area (Å²) in [7, 11) is 0. The van der Waals surface area contributed by atoms with Crippen molar-refractivity contribution in [3.8, 4) is 0 Å². The highest BCUT2D eigenvalue weighted by Gasteiger charge is 2.36. The molecule has 0 amide bonds. The second kappa shape index (κ2) is 5.16. The van der Waals surface area contributed by atoms with E-state index >= 15 is 0 Å². The maximum atomic E-state index is 12.4. The molecule has 1 aliphatic carbocycles. The van der Waals surface area contributed by atoms with Crippen LogP contribution in [0.5, 0.6) is 0 Å². The molecule has 0 radical (unpaired) electrons. The number of rotatable bonds is 3. The molecule has 0 aromatic heterocycles. The first kappa shape index (κ1) is 14.4. The van der Waals surface area contributed by atoms with Gasteiger partial charge < -0.3 is 5.11 Å². The number of hydrogen-bond acceptors (Lipinski definition) is 1. The quantitative estimate of drug-likeness (QED) is 0.874. The highest BCUT2D eigenvalue weighted by Crippen LogP contribution is 2.38. The smallest absolute Gasteiger partial charge is 0.390 e. The van der Waals surface area contributed by atoms with Crippen LogP contribution >= 0.6 is 0 Å². The van der Waals surface area contributed by atoms with Gasteiger partial charge in [-0.3, -0.25) is 0 Å². The van der Waals surface area contributed by atoms with Crippen molar-refractivity contribution in [1.29, 1.82) is 0 Å². The molecule has 0 bridgehead atoms. The van der Waals surface area contributed by atoms with E-state index in [-0.39, 0.29) is 0 Å². The summed E-state index contributed by atoms with van der Waals surface area (Å²) >= 11 is 0. The topological polar surface area (TPSA) is 20.2 Å². The lowest BCUT2D eigenvalue weighted by atomic mass is 9.91. The fraction of sp³-hybridized carbons (Fsp3) is 0.600. The van der Waals surface area contributed by atoms with Crippen LogP contribution in [0.3, 0.4) is 0 Å². The maximum absolute atomic E-state index is 12.4. The van der Waals surface area contributed by atoms with Crippen molar-refractivity contribution < 1.29 is 18.3 Å². The van der Waals surface area contributed by atoms with E-state index in [0.29, 0.717) is 12.3 Å². The Bertz CT molecular complexity index is 424. The van der Waals surface area contributed by atoms with Crippen molar-refractivity contribution in [2.45, 2.75) is 50.8 Å². The number of halogens is 3. The predicted molar refractivity (Wildman–Crippen MR) is 67.7 cm³/mol. The summed E-state index contributed by atoms with van der Waals surface area (Å²) in [6.45, 7) is 2.11. The number of aliphatic hydroxyl groups is 1. The van der Waals surface area contributed by atoms with Crippen molar-refractivity contribution in [3.05, 3.63) is 35.4 Å². The highest BCUT2D eigenvalue weighted by molar-refractivity contribution is 5.26. The van der Waals surface area contributed by atoms with Crippen molar-refractivity contribution in [2.24, 2.45) is 5.92 Å². The van der Waals surface area contributed by atoms with E-state index in [1.807, 2.05) is 0 Å². The van der Waals surface area contributed by atoms with E-state index in [9.17, 15) is 18.3 Å². The van der Waals surface area contributed by atoms with Crippen LogP contribution in [0, 0.1) is 5.92 Å². The van der Waals surface area contributed by atoms with Crippen molar-refractivity contribution in [1.82, 2.24) is 0 Å². The van der Waals surface area contributed by atoms with Gasteiger partial charge in [0.1, 0.15) is 0 Å². The van der Waals surface area contributed by atoms with Gasteiger partial charge in [0.25, 0.3) is 0 Å². The fourth-order valence-corrected chi connectivity index (χ4v) is 2.91. The molecule has 106 valence electrons. The first-order valence-electron chi connectivity index (χ1n) is 6.71. The molecule has 0 heterocycles. The third-order valence-corrected chi connectivity index (χ3v) is 4.08. The third kappa shape index (κ3) is 3.50. The van der Waals surface area contributed by atoms with E-state index in [0.717, 1.165) is 43.4 Å². The lowest BCUT2D eigenvalue weighted by Crippen LogP contribution is -2.27. The lowest BCUT2D eigenvalue weighted by molar-refractivity contribution is -0.137. The molecule has 1 aliphatic rings. The van der Waals surface area contributed by atoms with E-state index in [2.05, 4.69) is 6.92 Å². The Morgan fingerprint density at radius 3 is 2.37 bits per heavy atom. The molecule has 1 aromatic rings. The van der Waals surface area contributed by atoms with Gasteiger partial charge in [0.2, 0.25) is 0 Å². The minimum Gasteiger partial charge on any atom is -0.390 e. The highest BCUT2D eigenvalue weighted by atomic mass is 19.4. The van der Waals surface area contributed by atoms with Crippen LogP contribution in [-0.4, -0.2) is 10.7 Å². The Morgan fingerprint density at radius 2 is 1.89 bits per heavy atom. The zero-order valence-electron chi connectivity index (χ0n) is 11.0. The fourth-order valence-electron chi connectivity index (χ4n) is 2.91. The molecule has 1 saturated carbocycles. The third-order valence-electron chi connectivity index (χ3n) is 4.08. The van der Waals surface area contributed by atoms with Gasteiger partial charge in [-0.15, -0.1) is 0 Å². The van der Waals surface area contributed by atoms with E-state index < -0.39 is 17.3 Å². The first-order chi connectivity index (χ1) is 8.82. The minimum atomic E-state index is -4.30. The van der Waals surface area contributed by atoms with E-state index in [1.54, 1.807) is 0 Å². The largest absolute Gasteiger partial charge is 0.416 e. The predicted octanol–water partition coefficient (Wildman–Crippen LogP) is 4.19. The molecular formula is C15H19F3O. The molecule has 1 aromatic carbocycles. The Hall–Kier alpha value is -1.03. The summed E-state index contributed by atoms with van der Waals surface area (Å²) in [4.78, 5) is 0. The monoisotopic (exact) mass is 272 g/mol. The molecule has 2 unspecified atom stereocenters. The standard InChI is InChI=1S/C15H19F3O/c1-2-11-7-8-14(19,9-11)10-12-3-5-13(6-4-12)15(16,17)18/h3-6,11,19H,2,7-10H2,1H3. The van der Waals surface area contributed by atoms with E-state index in [1.165, 1.54) is 12.1 Å². The van der Waals surface area contributed by atoms with Crippen LogP contribution in [0.25, 0.3) is 0 Å². The SMILES string of the molecule is CCC1CCC(O)(Cc2ccc(C(F)(F)F)cc2)C1. The van der Waals surface area contributed by atoms with Crippen LogP contribution in [0.1, 0.15) is 43.7 Å². The lowest BCUT2D eigenvalue weighted by Gasteiger charge is -2.23. The van der Waals surface area contributed by atoms with Gasteiger partial charge in [0.05, 0.1) is 11.2 Å². The molecule has 2 rings (SSSR count). The molecule has 19 heavy (non-hydrogen) atoms. The van der Waals surface area contributed by atoms with Gasteiger partial charge in [-0.2, -0.15) is 13.2 Å². The van der Waals surface area contributed by atoms with Gasteiger partial charge in [-0.1, -0.05) is 25.5 Å². The van der Waals surface area contributed by atoms with Gasteiger partial charge in [0, 0.05) is 6.42 Å². The zero-order chi connectivity index (χ0) is 14.1. The summed E-state index contributed by atoms with van der Waals surface area (Å²) in [5.74, 6) is 0.541. The molecular weight excluding hydrogens is 253 g/mol. The summed E-state index contributed by atoms with van der Waals surface area (Å²) in [6, 6.07) is 5.12. The number of alkyl halides is 3. The van der Waals surface area contributed by atoms with Crippen LogP contribution in [-0.2, 0) is 12.6 Å². The van der Waals surface area contributed by atoms with E-state index in [4.69, 9.17) is 0 Å². The summed E-state index contributed by atoms with van der Waals surface area (Å²) in [5, 5.41) is 10.5. The molecule has 0 saturated heterocycles. The summed E-state index contributed by atoms with van der Waals surface area (Å²) < 4.78 is 37.3. The van der Waals surface area contributed by atoms with Crippen LogP contribution in [0.15, 0.2) is 24.3 Å². The molecule has 1 N–H and O–H groups in total. The zero-order valence-corrected chi connectivity index (χ0v) is 11.0. The molecule has 2 atom stereocenters. The Kier molecular flexibility index (Phi) is 3.90. The van der Waals surface area contributed by atoms with Crippen LogP contribution in [0.4, 0.5) is 13.2 Å². The first-order valence-corrected chi connectivity index (χ1v) is 6.71. The van der Waals surface area contributed by atoms with Gasteiger partial charge in [0.15, 0.2) is 0 Å². The van der Waals surface area contributed by atoms with Crippen molar-refractivity contribution in [2.75, 3.05) is 0 Å². The molecule has 4 heteroatoms. The van der Waals surface area contributed by atoms with Gasteiger partial charge in [-0.05, 0) is 42.9 Å². The second-order valence-corrected chi connectivity index (χ2v) is 5.61. The van der Waals surface area contributed by atoms with Crippen LogP contribution in [0.2, 0.25) is 0 Å². The number of hydrogen-bond donors (Lipinski definition) is 1. The average molecular weight is 272 g/mol. The molecule has 1 nitrogen and oxygen atoms in total. The Morgan fingerprint density at radius 1 is 1.26 bits per heavy atom. The normalized spacial score (nSPS) is 27.7.